The molecule has 0 spiro atoms. The lowest BCUT2D eigenvalue weighted by Gasteiger charge is -2.07. The van der Waals surface area contributed by atoms with Gasteiger partial charge in [-0.3, -0.25) is 4.79 Å². The van der Waals surface area contributed by atoms with E-state index in [4.69, 9.17) is 22.8 Å². The Morgan fingerprint density at radius 3 is 2.81 bits per heavy atom. The van der Waals surface area contributed by atoms with Gasteiger partial charge in [-0.1, -0.05) is 35.2 Å². The lowest BCUT2D eigenvalue weighted by molar-refractivity contribution is -0.115. The van der Waals surface area contributed by atoms with Gasteiger partial charge < -0.3 is 10.1 Å². The quantitative estimate of drug-likeness (QED) is 0.623. The second-order valence-corrected chi connectivity index (χ2v) is 6.96. The molecule has 3 rings (SSSR count). The fraction of sp³-hybridized carbons (Fsp3) is 0.100. The van der Waals surface area contributed by atoms with Crippen LogP contribution in [0, 0.1) is 19.3 Å². The molecule has 130 valence electrons. The zero-order chi connectivity index (χ0) is 18.5. The number of hydrogen-bond donors (Lipinski definition) is 1. The summed E-state index contributed by atoms with van der Waals surface area (Å²) < 4.78 is 5.51. The zero-order valence-corrected chi connectivity index (χ0v) is 15.5. The Labute approximate surface area is 161 Å². The largest absolute Gasteiger partial charge is 0.480 e. The van der Waals surface area contributed by atoms with E-state index in [1.807, 2.05) is 31.2 Å². The number of benzene rings is 2. The van der Waals surface area contributed by atoms with Crippen molar-refractivity contribution in [3.63, 3.8) is 0 Å². The summed E-state index contributed by atoms with van der Waals surface area (Å²) in [5.41, 5.74) is 2.61. The zero-order valence-electron chi connectivity index (χ0n) is 14.0. The van der Waals surface area contributed by atoms with Gasteiger partial charge in [0, 0.05) is 10.6 Å². The number of carbonyl (C=O) groups is 1. The van der Waals surface area contributed by atoms with Crippen molar-refractivity contribution in [3.05, 3.63) is 63.5 Å². The molecule has 4 nitrogen and oxygen atoms in total. The minimum atomic E-state index is -0.219. The van der Waals surface area contributed by atoms with Crippen LogP contribution in [0.4, 0.5) is 5.69 Å². The number of hydrogen-bond acceptors (Lipinski definition) is 4. The van der Waals surface area contributed by atoms with E-state index in [0.29, 0.717) is 26.4 Å². The summed E-state index contributed by atoms with van der Waals surface area (Å²) in [5, 5.41) is 3.83. The van der Waals surface area contributed by atoms with Crippen LogP contribution in [0.5, 0.6) is 5.75 Å². The van der Waals surface area contributed by atoms with E-state index in [0.717, 1.165) is 11.3 Å². The van der Waals surface area contributed by atoms with Gasteiger partial charge in [-0.05, 0) is 55.1 Å². The predicted molar refractivity (Wildman–Crippen MR) is 108 cm³/mol. The lowest BCUT2D eigenvalue weighted by atomic mass is 10.2. The Bertz CT molecular complexity index is 943. The van der Waals surface area contributed by atoms with Crippen LogP contribution < -0.4 is 10.1 Å². The van der Waals surface area contributed by atoms with Crippen molar-refractivity contribution in [1.82, 2.24) is 5.32 Å². The predicted octanol–water partition coefficient (Wildman–Crippen LogP) is 4.55. The third-order valence-electron chi connectivity index (χ3n) is 3.48. The first-order valence-corrected chi connectivity index (χ1v) is 8.96. The average molecular weight is 383 g/mol. The summed E-state index contributed by atoms with van der Waals surface area (Å²) in [5.74, 6) is 2.77. The van der Waals surface area contributed by atoms with E-state index in [9.17, 15) is 4.79 Å². The van der Waals surface area contributed by atoms with Crippen LogP contribution in [0.2, 0.25) is 5.02 Å². The minimum absolute atomic E-state index is 0.136. The van der Waals surface area contributed by atoms with Gasteiger partial charge in [-0.2, -0.15) is 0 Å². The standard InChI is InChI=1S/C20H15ClN2O2S/c1-3-10-25-17-9-6-15(21)11-14(17)12-18-19(24)23-20(26-18)22-16-7-4-13(2)5-8-16/h1,4-9,11-12H,10H2,2H3,(H,22,23,24)/b18-12-. The Morgan fingerprint density at radius 1 is 1.31 bits per heavy atom. The maximum Gasteiger partial charge on any atom is 0.264 e. The molecule has 0 unspecified atom stereocenters. The highest BCUT2D eigenvalue weighted by Gasteiger charge is 2.24. The van der Waals surface area contributed by atoms with Gasteiger partial charge in [0.15, 0.2) is 5.17 Å². The molecule has 1 fully saturated rings. The fourth-order valence-corrected chi connectivity index (χ4v) is 3.25. The van der Waals surface area contributed by atoms with Crippen LogP contribution in [-0.4, -0.2) is 17.7 Å². The third kappa shape index (κ3) is 4.48. The highest BCUT2D eigenvalue weighted by Crippen LogP contribution is 2.32. The third-order valence-corrected chi connectivity index (χ3v) is 4.63. The number of amidine groups is 1. The molecule has 1 N–H and O–H groups in total. The number of aryl methyl sites for hydroxylation is 1. The van der Waals surface area contributed by atoms with Crippen LogP contribution in [0.1, 0.15) is 11.1 Å². The summed E-state index contributed by atoms with van der Waals surface area (Å²) in [7, 11) is 0. The molecule has 6 heteroatoms. The van der Waals surface area contributed by atoms with E-state index in [-0.39, 0.29) is 12.5 Å². The Morgan fingerprint density at radius 2 is 2.08 bits per heavy atom. The molecule has 26 heavy (non-hydrogen) atoms. The van der Waals surface area contributed by atoms with Crippen molar-refractivity contribution in [1.29, 1.82) is 0 Å². The van der Waals surface area contributed by atoms with Crippen molar-refractivity contribution >= 4 is 46.2 Å². The van der Waals surface area contributed by atoms with Gasteiger partial charge in [-0.15, -0.1) is 6.42 Å². The second-order valence-electron chi connectivity index (χ2n) is 5.49. The number of nitrogens with one attached hydrogen (secondary N) is 1. The van der Waals surface area contributed by atoms with Crippen LogP contribution in [0.3, 0.4) is 0 Å². The maximum atomic E-state index is 12.3. The van der Waals surface area contributed by atoms with Crippen LogP contribution in [0.25, 0.3) is 6.08 Å². The van der Waals surface area contributed by atoms with Gasteiger partial charge in [0.1, 0.15) is 12.4 Å². The normalized spacial score (nSPS) is 16.6. The van der Waals surface area contributed by atoms with E-state index in [2.05, 4.69) is 16.2 Å². The summed E-state index contributed by atoms with van der Waals surface area (Å²) in [4.78, 5) is 17.2. The lowest BCUT2D eigenvalue weighted by Crippen LogP contribution is -2.19. The highest BCUT2D eigenvalue weighted by molar-refractivity contribution is 8.18. The molecule has 1 aliphatic rings. The van der Waals surface area contributed by atoms with Crippen LogP contribution in [-0.2, 0) is 4.79 Å². The summed E-state index contributed by atoms with van der Waals surface area (Å²) in [6.45, 7) is 2.14. The first-order chi connectivity index (χ1) is 12.5. The van der Waals surface area contributed by atoms with Gasteiger partial charge in [0.2, 0.25) is 0 Å². The topological polar surface area (TPSA) is 50.7 Å². The highest BCUT2D eigenvalue weighted by atomic mass is 35.5. The molecule has 1 aliphatic heterocycles. The maximum absolute atomic E-state index is 12.3. The second kappa shape index (κ2) is 8.13. The first kappa shape index (κ1) is 18.1. The van der Waals surface area contributed by atoms with Crippen molar-refractivity contribution in [2.45, 2.75) is 6.92 Å². The van der Waals surface area contributed by atoms with E-state index in [1.165, 1.54) is 11.8 Å². The molecule has 2 aromatic rings. The molecule has 0 bridgehead atoms. The van der Waals surface area contributed by atoms with Gasteiger partial charge >= 0.3 is 0 Å². The molecule has 0 atom stereocenters. The number of carbonyl (C=O) groups excluding carboxylic acids is 1. The molecule has 1 heterocycles. The number of ether oxygens (including phenoxy) is 1. The summed E-state index contributed by atoms with van der Waals surface area (Å²) in [6, 6.07) is 12.9. The van der Waals surface area contributed by atoms with Crippen molar-refractivity contribution in [2.75, 3.05) is 6.61 Å². The monoisotopic (exact) mass is 382 g/mol. The molecular formula is C20H15ClN2O2S. The molecular weight excluding hydrogens is 368 g/mol. The number of terminal acetylenes is 1. The molecule has 0 saturated carbocycles. The number of thioether (sulfide) groups is 1. The van der Waals surface area contributed by atoms with Crippen molar-refractivity contribution < 1.29 is 9.53 Å². The smallest absolute Gasteiger partial charge is 0.264 e. The first-order valence-electron chi connectivity index (χ1n) is 7.77. The van der Waals surface area contributed by atoms with Gasteiger partial charge in [-0.25, -0.2) is 4.99 Å². The number of aliphatic imine (C=N–C) groups is 1. The SMILES string of the molecule is C#CCOc1ccc(Cl)cc1/C=C1\SC(=Nc2ccc(C)cc2)NC1=O. The molecule has 0 aliphatic carbocycles. The fourth-order valence-electron chi connectivity index (χ4n) is 2.24. The van der Waals surface area contributed by atoms with Crippen LogP contribution >= 0.6 is 23.4 Å². The molecule has 2 aromatic carbocycles. The minimum Gasteiger partial charge on any atom is -0.480 e. The number of rotatable bonds is 4. The number of halogens is 1. The van der Waals surface area contributed by atoms with Gasteiger partial charge in [0.25, 0.3) is 5.91 Å². The average Bonchev–Trinajstić information content (AvgIpc) is 2.95. The summed E-state index contributed by atoms with van der Waals surface area (Å²) in [6.07, 6.45) is 6.96. The Balaban J connectivity index is 1.86. The summed E-state index contributed by atoms with van der Waals surface area (Å²) >= 11 is 7.33. The Kier molecular flexibility index (Phi) is 5.67. The Hall–Kier alpha value is -2.68. The van der Waals surface area contributed by atoms with E-state index < -0.39 is 0 Å². The van der Waals surface area contributed by atoms with E-state index in [1.54, 1.807) is 24.3 Å². The molecule has 1 saturated heterocycles. The number of nitrogens with zero attached hydrogens (tertiary/aromatic N) is 1. The molecule has 1 amide bonds. The molecule has 0 aromatic heterocycles. The van der Waals surface area contributed by atoms with Gasteiger partial charge in [0.05, 0.1) is 10.6 Å². The molecule has 0 radical (unpaired) electrons. The van der Waals surface area contributed by atoms with Crippen LogP contribution in [0.15, 0.2) is 52.4 Å². The van der Waals surface area contributed by atoms with Crippen molar-refractivity contribution in [2.24, 2.45) is 4.99 Å². The van der Waals surface area contributed by atoms with E-state index >= 15 is 0 Å². The van der Waals surface area contributed by atoms with Crippen molar-refractivity contribution in [3.8, 4) is 18.1 Å². The number of amides is 1.